The van der Waals surface area contributed by atoms with Crippen LogP contribution in [0.2, 0.25) is 0 Å². The summed E-state index contributed by atoms with van der Waals surface area (Å²) in [6.07, 6.45) is 0.461. The number of carbonyl (C=O) groups is 1. The Morgan fingerprint density at radius 1 is 1.13 bits per heavy atom. The van der Waals surface area contributed by atoms with Gasteiger partial charge in [-0.1, -0.05) is 47.7 Å². The minimum absolute atomic E-state index is 0.00485. The second kappa shape index (κ2) is 6.04. The maximum Gasteiger partial charge on any atom is 0.358 e. The molecule has 1 N–H and O–H groups in total. The number of aryl methyl sites for hydroxylation is 2. The number of hydrogen-bond donors (Lipinski definition) is 1. The third-order valence-corrected chi connectivity index (χ3v) is 3.77. The fourth-order valence-corrected chi connectivity index (χ4v) is 2.56. The average Bonchev–Trinajstić information content (AvgIpc) is 2.94. The van der Waals surface area contributed by atoms with Crippen molar-refractivity contribution in [2.45, 2.75) is 20.3 Å². The molecule has 0 spiro atoms. The van der Waals surface area contributed by atoms with Crippen molar-refractivity contribution in [1.82, 2.24) is 15.0 Å². The van der Waals surface area contributed by atoms with Gasteiger partial charge in [-0.3, -0.25) is 0 Å². The van der Waals surface area contributed by atoms with Crippen molar-refractivity contribution in [3.8, 4) is 5.69 Å². The van der Waals surface area contributed by atoms with Crippen molar-refractivity contribution in [2.75, 3.05) is 0 Å². The molecule has 0 atom stereocenters. The zero-order valence-electron chi connectivity index (χ0n) is 13.0. The fraction of sp³-hybridized carbons (Fsp3) is 0.167. The van der Waals surface area contributed by atoms with Crippen molar-refractivity contribution in [1.29, 1.82) is 0 Å². The van der Waals surface area contributed by atoms with E-state index in [9.17, 15) is 9.90 Å². The molecule has 5 heteroatoms. The van der Waals surface area contributed by atoms with Crippen LogP contribution in [-0.2, 0) is 6.42 Å². The van der Waals surface area contributed by atoms with Crippen LogP contribution < -0.4 is 0 Å². The third kappa shape index (κ3) is 2.99. The first-order chi connectivity index (χ1) is 11.1. The van der Waals surface area contributed by atoms with Gasteiger partial charge >= 0.3 is 5.97 Å². The van der Waals surface area contributed by atoms with Crippen molar-refractivity contribution in [3.63, 3.8) is 0 Å². The van der Waals surface area contributed by atoms with Crippen LogP contribution in [0.25, 0.3) is 5.69 Å². The summed E-state index contributed by atoms with van der Waals surface area (Å²) in [7, 11) is 0. The van der Waals surface area contributed by atoms with E-state index >= 15 is 0 Å². The van der Waals surface area contributed by atoms with Gasteiger partial charge in [0.15, 0.2) is 5.69 Å². The van der Waals surface area contributed by atoms with Crippen molar-refractivity contribution >= 4 is 5.97 Å². The fourth-order valence-electron chi connectivity index (χ4n) is 2.56. The molecule has 5 nitrogen and oxygen atoms in total. The van der Waals surface area contributed by atoms with E-state index in [0.717, 1.165) is 22.4 Å². The van der Waals surface area contributed by atoms with E-state index in [4.69, 9.17) is 0 Å². The molecule has 0 amide bonds. The second-order valence-corrected chi connectivity index (χ2v) is 5.55. The molecule has 116 valence electrons. The van der Waals surface area contributed by atoms with Gasteiger partial charge in [-0.05, 0) is 36.6 Å². The highest BCUT2D eigenvalue weighted by Gasteiger charge is 2.21. The van der Waals surface area contributed by atoms with E-state index in [1.54, 1.807) is 4.68 Å². The van der Waals surface area contributed by atoms with Gasteiger partial charge in [0, 0.05) is 6.42 Å². The Morgan fingerprint density at radius 2 is 1.87 bits per heavy atom. The third-order valence-electron chi connectivity index (χ3n) is 3.77. The molecule has 3 rings (SSSR count). The number of carboxylic acid groups (broad SMARTS) is 1. The van der Waals surface area contributed by atoms with Gasteiger partial charge in [0.2, 0.25) is 0 Å². The molecule has 2 aromatic carbocycles. The maximum absolute atomic E-state index is 11.5. The molecular formula is C18H17N3O2. The second-order valence-electron chi connectivity index (χ2n) is 5.55. The molecule has 0 saturated carbocycles. The van der Waals surface area contributed by atoms with Crippen LogP contribution in [0.4, 0.5) is 0 Å². The average molecular weight is 307 g/mol. The molecule has 0 aliphatic rings. The van der Waals surface area contributed by atoms with Crippen LogP contribution >= 0.6 is 0 Å². The van der Waals surface area contributed by atoms with Crippen LogP contribution in [0.3, 0.4) is 0 Å². The highest BCUT2D eigenvalue weighted by atomic mass is 16.4. The predicted molar refractivity (Wildman–Crippen MR) is 87.0 cm³/mol. The molecule has 0 aliphatic carbocycles. The largest absolute Gasteiger partial charge is 0.476 e. The summed E-state index contributed by atoms with van der Waals surface area (Å²) in [6.45, 7) is 3.97. The number of carboxylic acids is 1. The first kappa shape index (κ1) is 15.0. The minimum atomic E-state index is -1.06. The molecule has 3 aromatic rings. The molecule has 0 bridgehead atoms. The van der Waals surface area contributed by atoms with E-state index < -0.39 is 5.97 Å². The molecule has 1 aromatic heterocycles. The first-order valence-corrected chi connectivity index (χ1v) is 7.35. The molecule has 0 radical (unpaired) electrons. The van der Waals surface area contributed by atoms with E-state index in [1.807, 2.05) is 62.4 Å². The van der Waals surface area contributed by atoms with Gasteiger partial charge in [-0.15, -0.1) is 5.10 Å². The van der Waals surface area contributed by atoms with Crippen LogP contribution in [0.15, 0.2) is 48.5 Å². The Balaban J connectivity index is 2.14. The number of aromatic carboxylic acids is 1. The molecule has 0 saturated heterocycles. The standard InChI is InChI=1S/C18H17N3O2/c1-12-8-9-13(2)15(10-12)21-16(17(18(22)23)19-20-21)11-14-6-4-3-5-7-14/h3-10H,11H2,1-2H3,(H,22,23). The molecular weight excluding hydrogens is 290 g/mol. The first-order valence-electron chi connectivity index (χ1n) is 7.35. The lowest BCUT2D eigenvalue weighted by Gasteiger charge is -2.11. The summed E-state index contributed by atoms with van der Waals surface area (Å²) in [5, 5.41) is 17.4. The predicted octanol–water partition coefficient (Wildman–Crippen LogP) is 3.17. The maximum atomic E-state index is 11.5. The smallest absolute Gasteiger partial charge is 0.358 e. The zero-order chi connectivity index (χ0) is 16.4. The lowest BCUT2D eigenvalue weighted by molar-refractivity contribution is 0.0689. The van der Waals surface area contributed by atoms with Gasteiger partial charge in [0.25, 0.3) is 0 Å². The Kier molecular flexibility index (Phi) is 3.93. The van der Waals surface area contributed by atoms with Gasteiger partial charge in [-0.25, -0.2) is 9.48 Å². The molecule has 23 heavy (non-hydrogen) atoms. The summed E-state index contributed by atoms with van der Waals surface area (Å²) in [4.78, 5) is 11.5. The van der Waals surface area contributed by atoms with E-state index in [1.165, 1.54) is 0 Å². The zero-order valence-corrected chi connectivity index (χ0v) is 13.0. The van der Waals surface area contributed by atoms with E-state index in [2.05, 4.69) is 10.3 Å². The molecule has 1 heterocycles. The van der Waals surface area contributed by atoms with Gasteiger partial charge < -0.3 is 5.11 Å². The van der Waals surface area contributed by atoms with Crippen molar-refractivity contribution in [3.05, 3.63) is 76.6 Å². The van der Waals surface area contributed by atoms with Gasteiger partial charge in [0.1, 0.15) is 0 Å². The van der Waals surface area contributed by atoms with Crippen LogP contribution in [-0.4, -0.2) is 26.1 Å². The summed E-state index contributed by atoms with van der Waals surface area (Å²) in [5.74, 6) is -1.06. The Hall–Kier alpha value is -2.95. The normalized spacial score (nSPS) is 10.7. The summed E-state index contributed by atoms with van der Waals surface area (Å²) >= 11 is 0. The number of rotatable bonds is 4. The summed E-state index contributed by atoms with van der Waals surface area (Å²) in [5.41, 5.74) is 4.56. The minimum Gasteiger partial charge on any atom is -0.476 e. The Labute approximate surface area is 134 Å². The number of benzene rings is 2. The van der Waals surface area contributed by atoms with E-state index in [-0.39, 0.29) is 5.69 Å². The Morgan fingerprint density at radius 3 is 2.57 bits per heavy atom. The van der Waals surface area contributed by atoms with E-state index in [0.29, 0.717) is 12.1 Å². The number of hydrogen-bond acceptors (Lipinski definition) is 3. The number of aromatic nitrogens is 3. The van der Waals surface area contributed by atoms with Crippen LogP contribution in [0.1, 0.15) is 32.9 Å². The lowest BCUT2D eigenvalue weighted by Crippen LogP contribution is -2.09. The lowest BCUT2D eigenvalue weighted by atomic mass is 10.1. The summed E-state index contributed by atoms with van der Waals surface area (Å²) < 4.78 is 1.64. The number of nitrogens with zero attached hydrogens (tertiary/aromatic N) is 3. The SMILES string of the molecule is Cc1ccc(C)c(-n2nnc(C(=O)O)c2Cc2ccccc2)c1. The van der Waals surface area contributed by atoms with Gasteiger partial charge in [-0.2, -0.15) is 0 Å². The monoisotopic (exact) mass is 307 g/mol. The van der Waals surface area contributed by atoms with Crippen molar-refractivity contribution < 1.29 is 9.90 Å². The highest BCUT2D eigenvalue weighted by Crippen LogP contribution is 2.21. The summed E-state index contributed by atoms with van der Waals surface area (Å²) in [6, 6.07) is 15.7. The molecule has 0 aliphatic heterocycles. The van der Waals surface area contributed by atoms with Gasteiger partial charge in [0.05, 0.1) is 11.4 Å². The van der Waals surface area contributed by atoms with Crippen molar-refractivity contribution in [2.24, 2.45) is 0 Å². The van der Waals surface area contributed by atoms with Crippen LogP contribution in [0, 0.1) is 13.8 Å². The van der Waals surface area contributed by atoms with Crippen LogP contribution in [0.5, 0.6) is 0 Å². The highest BCUT2D eigenvalue weighted by molar-refractivity contribution is 5.86. The molecule has 0 fully saturated rings. The topological polar surface area (TPSA) is 68.0 Å². The molecule has 0 unspecified atom stereocenters. The Bertz CT molecular complexity index is 854. The quantitative estimate of drug-likeness (QED) is 0.804.